The van der Waals surface area contributed by atoms with Crippen LogP contribution in [0.2, 0.25) is 0 Å². The Balaban J connectivity index is 1.98. The zero-order chi connectivity index (χ0) is 13.0. The first-order valence-electron chi connectivity index (χ1n) is 5.59. The second-order valence-electron chi connectivity index (χ2n) is 3.93. The summed E-state index contributed by atoms with van der Waals surface area (Å²) in [4.78, 5) is 0. The van der Waals surface area contributed by atoms with Crippen molar-refractivity contribution in [3.8, 4) is 0 Å². The van der Waals surface area contributed by atoms with E-state index in [0.29, 0.717) is 12.1 Å². The predicted octanol–water partition coefficient (Wildman–Crippen LogP) is 3.58. The molecule has 2 rings (SSSR count). The fourth-order valence-corrected chi connectivity index (χ4v) is 2.19. The second-order valence-corrected chi connectivity index (χ2v) is 5.09. The van der Waals surface area contributed by atoms with Gasteiger partial charge >= 0.3 is 0 Å². The molecule has 2 aromatic carbocycles. The molecular weight excluding hydrogens is 344 g/mol. The summed E-state index contributed by atoms with van der Waals surface area (Å²) in [6, 6.07) is 13.7. The van der Waals surface area contributed by atoms with Crippen molar-refractivity contribution in [1.29, 1.82) is 0 Å². The summed E-state index contributed by atoms with van der Waals surface area (Å²) in [7, 11) is 0. The summed E-state index contributed by atoms with van der Waals surface area (Å²) >= 11 is 2.23. The van der Waals surface area contributed by atoms with Gasteiger partial charge in [0, 0.05) is 15.8 Å². The van der Waals surface area contributed by atoms with Gasteiger partial charge in [0.05, 0.1) is 6.10 Å². The van der Waals surface area contributed by atoms with Crippen LogP contribution >= 0.6 is 22.6 Å². The predicted molar refractivity (Wildman–Crippen MR) is 79.0 cm³/mol. The lowest BCUT2D eigenvalue weighted by atomic mass is 10.1. The Hall–Kier alpha value is -1.14. The fourth-order valence-electron chi connectivity index (χ4n) is 1.61. The third-order valence-corrected chi connectivity index (χ3v) is 3.56. The van der Waals surface area contributed by atoms with E-state index < -0.39 is 6.10 Å². The minimum atomic E-state index is -0.651. The third-order valence-electron chi connectivity index (χ3n) is 2.61. The Kier molecular flexibility index (Phi) is 4.54. The van der Waals surface area contributed by atoms with Gasteiger partial charge in [0.15, 0.2) is 0 Å². The van der Waals surface area contributed by atoms with Gasteiger partial charge in [-0.15, -0.1) is 0 Å². The highest BCUT2D eigenvalue weighted by Gasteiger charge is 2.08. The summed E-state index contributed by atoms with van der Waals surface area (Å²) in [5, 5.41) is 13.2. The van der Waals surface area contributed by atoms with Crippen molar-refractivity contribution in [2.75, 3.05) is 11.9 Å². The van der Waals surface area contributed by atoms with E-state index >= 15 is 0 Å². The second kappa shape index (κ2) is 6.15. The van der Waals surface area contributed by atoms with Crippen molar-refractivity contribution in [1.82, 2.24) is 0 Å². The minimum Gasteiger partial charge on any atom is -0.387 e. The van der Waals surface area contributed by atoms with Gasteiger partial charge in [-0.25, -0.2) is 4.39 Å². The standard InChI is InChI=1S/C14H13FINO/c15-11-7-5-10(6-8-11)14(18)9-17-13-4-2-1-3-12(13)16/h1-8,14,17-18H,9H2. The van der Waals surface area contributed by atoms with Crippen molar-refractivity contribution in [2.45, 2.75) is 6.10 Å². The lowest BCUT2D eigenvalue weighted by Crippen LogP contribution is -2.12. The molecule has 0 spiro atoms. The summed E-state index contributed by atoms with van der Waals surface area (Å²) in [5.74, 6) is -0.295. The molecule has 0 aliphatic heterocycles. The number of anilines is 1. The van der Waals surface area contributed by atoms with Crippen LogP contribution in [0.4, 0.5) is 10.1 Å². The van der Waals surface area contributed by atoms with Crippen LogP contribution < -0.4 is 5.32 Å². The summed E-state index contributed by atoms with van der Waals surface area (Å²) < 4.78 is 13.9. The maximum Gasteiger partial charge on any atom is 0.123 e. The number of para-hydroxylation sites is 1. The van der Waals surface area contributed by atoms with Gasteiger partial charge in [-0.2, -0.15) is 0 Å². The molecule has 94 valence electrons. The van der Waals surface area contributed by atoms with Crippen molar-refractivity contribution < 1.29 is 9.50 Å². The van der Waals surface area contributed by atoms with Crippen LogP contribution in [0.25, 0.3) is 0 Å². The van der Waals surface area contributed by atoms with Crippen LogP contribution in [0.5, 0.6) is 0 Å². The SMILES string of the molecule is OC(CNc1ccccc1I)c1ccc(F)cc1. The maximum absolute atomic E-state index is 12.8. The third kappa shape index (κ3) is 3.43. The van der Waals surface area contributed by atoms with Gasteiger partial charge in [-0.3, -0.25) is 0 Å². The lowest BCUT2D eigenvalue weighted by molar-refractivity contribution is 0.191. The molecule has 0 aliphatic carbocycles. The molecule has 1 atom stereocenters. The molecule has 2 aromatic rings. The summed E-state index contributed by atoms with van der Waals surface area (Å²) in [5.41, 5.74) is 1.69. The molecular formula is C14H13FINO. The fraction of sp³-hybridized carbons (Fsp3) is 0.143. The highest BCUT2D eigenvalue weighted by molar-refractivity contribution is 14.1. The quantitative estimate of drug-likeness (QED) is 0.820. The van der Waals surface area contributed by atoms with E-state index in [1.54, 1.807) is 12.1 Å². The average molecular weight is 357 g/mol. The van der Waals surface area contributed by atoms with E-state index in [1.165, 1.54) is 12.1 Å². The average Bonchev–Trinajstić information content (AvgIpc) is 2.38. The van der Waals surface area contributed by atoms with Crippen molar-refractivity contribution in [3.05, 3.63) is 63.5 Å². The Morgan fingerprint density at radius 3 is 2.44 bits per heavy atom. The topological polar surface area (TPSA) is 32.3 Å². The highest BCUT2D eigenvalue weighted by atomic mass is 127. The normalized spacial score (nSPS) is 12.2. The molecule has 0 bridgehead atoms. The number of benzene rings is 2. The number of hydrogen-bond acceptors (Lipinski definition) is 2. The molecule has 0 aromatic heterocycles. The number of rotatable bonds is 4. The molecule has 0 aliphatic rings. The van der Waals surface area contributed by atoms with Crippen LogP contribution in [-0.4, -0.2) is 11.7 Å². The number of hydrogen-bond donors (Lipinski definition) is 2. The zero-order valence-electron chi connectivity index (χ0n) is 9.61. The van der Waals surface area contributed by atoms with Gasteiger partial charge in [0.1, 0.15) is 5.82 Å². The Morgan fingerprint density at radius 2 is 1.78 bits per heavy atom. The van der Waals surface area contributed by atoms with Gasteiger partial charge in [0.2, 0.25) is 0 Å². The summed E-state index contributed by atoms with van der Waals surface area (Å²) in [6.07, 6.45) is -0.651. The molecule has 0 heterocycles. The number of aliphatic hydroxyl groups is 1. The monoisotopic (exact) mass is 357 g/mol. The Bertz CT molecular complexity index is 515. The van der Waals surface area contributed by atoms with Gasteiger partial charge in [-0.1, -0.05) is 24.3 Å². The smallest absolute Gasteiger partial charge is 0.123 e. The first-order valence-corrected chi connectivity index (χ1v) is 6.66. The van der Waals surface area contributed by atoms with Gasteiger partial charge < -0.3 is 10.4 Å². The van der Waals surface area contributed by atoms with Crippen molar-refractivity contribution in [2.24, 2.45) is 0 Å². The summed E-state index contributed by atoms with van der Waals surface area (Å²) in [6.45, 7) is 0.394. The van der Waals surface area contributed by atoms with E-state index in [4.69, 9.17) is 0 Å². The van der Waals surface area contributed by atoms with E-state index in [0.717, 1.165) is 9.26 Å². The maximum atomic E-state index is 12.8. The van der Waals surface area contributed by atoms with Gasteiger partial charge in [-0.05, 0) is 52.4 Å². The van der Waals surface area contributed by atoms with E-state index in [-0.39, 0.29) is 5.82 Å². The molecule has 4 heteroatoms. The molecule has 1 unspecified atom stereocenters. The molecule has 2 nitrogen and oxygen atoms in total. The molecule has 0 amide bonds. The van der Waals surface area contributed by atoms with Gasteiger partial charge in [0.25, 0.3) is 0 Å². The molecule has 0 saturated carbocycles. The molecule has 0 fully saturated rings. The number of halogens is 2. The number of nitrogens with one attached hydrogen (secondary N) is 1. The zero-order valence-corrected chi connectivity index (χ0v) is 11.8. The minimum absolute atomic E-state index is 0.295. The molecule has 18 heavy (non-hydrogen) atoms. The first kappa shape index (κ1) is 13.3. The van der Waals surface area contributed by atoms with E-state index in [9.17, 15) is 9.50 Å². The molecule has 0 radical (unpaired) electrons. The van der Waals surface area contributed by atoms with Crippen molar-refractivity contribution >= 4 is 28.3 Å². The van der Waals surface area contributed by atoms with Crippen LogP contribution in [0.1, 0.15) is 11.7 Å². The van der Waals surface area contributed by atoms with Crippen LogP contribution in [0.15, 0.2) is 48.5 Å². The van der Waals surface area contributed by atoms with Crippen LogP contribution in [-0.2, 0) is 0 Å². The van der Waals surface area contributed by atoms with E-state index in [2.05, 4.69) is 27.9 Å². The first-order chi connectivity index (χ1) is 8.66. The van der Waals surface area contributed by atoms with E-state index in [1.807, 2.05) is 24.3 Å². The highest BCUT2D eigenvalue weighted by Crippen LogP contribution is 2.19. The number of aliphatic hydroxyl groups excluding tert-OH is 1. The van der Waals surface area contributed by atoms with Crippen molar-refractivity contribution in [3.63, 3.8) is 0 Å². The largest absolute Gasteiger partial charge is 0.387 e. The molecule has 2 N–H and O–H groups in total. The van der Waals surface area contributed by atoms with Crippen LogP contribution in [0.3, 0.4) is 0 Å². The van der Waals surface area contributed by atoms with Crippen LogP contribution in [0, 0.1) is 9.39 Å². The Morgan fingerprint density at radius 1 is 1.11 bits per heavy atom. The lowest BCUT2D eigenvalue weighted by Gasteiger charge is -2.14. The Labute approximate surface area is 119 Å². The molecule has 0 saturated heterocycles.